The Hall–Kier alpha value is -2.62. The third-order valence-electron chi connectivity index (χ3n) is 14.8. The molecule has 0 spiro atoms. The second-order valence-corrected chi connectivity index (χ2v) is 17.0. The fraction of sp³-hybridized carbons (Fsp3) is 0.730. The Morgan fingerprint density at radius 2 is 1.57 bits per heavy atom. The fourth-order valence-electron chi connectivity index (χ4n) is 13.2. The molecule has 1 aromatic rings. The van der Waals surface area contributed by atoms with Crippen LogP contribution in [0.4, 0.5) is 0 Å². The molecule has 7 aliphatic carbocycles. The van der Waals surface area contributed by atoms with Crippen molar-refractivity contribution in [3.8, 4) is 5.75 Å². The summed E-state index contributed by atoms with van der Waals surface area (Å²) < 4.78 is 0. The maximum Gasteiger partial charge on any atom is 0.230 e. The summed E-state index contributed by atoms with van der Waals surface area (Å²) in [4.78, 5) is 56.7. The molecule has 6 fully saturated rings. The minimum Gasteiger partial charge on any atom is -0.507 e. The van der Waals surface area contributed by atoms with Crippen LogP contribution in [0.2, 0.25) is 0 Å². The van der Waals surface area contributed by atoms with Gasteiger partial charge >= 0.3 is 0 Å². The Morgan fingerprint density at radius 1 is 1.00 bits per heavy atom. The Balaban J connectivity index is 1.47. The van der Waals surface area contributed by atoms with Crippen molar-refractivity contribution >= 4 is 23.3 Å². The maximum absolute atomic E-state index is 15.0. The molecule has 9 heteroatoms. The molecule has 8 rings (SSSR count). The summed E-state index contributed by atoms with van der Waals surface area (Å²) in [6, 6.07) is 4.83. The molecule has 4 bridgehead atoms. The molecule has 250 valence electrons. The Bertz CT molecular complexity index is 1500. The van der Waals surface area contributed by atoms with Crippen molar-refractivity contribution in [3.05, 3.63) is 29.3 Å². The average Bonchev–Trinajstić information content (AvgIpc) is 2.95. The molecule has 0 heterocycles. The summed E-state index contributed by atoms with van der Waals surface area (Å²) in [7, 11) is 0. The molecular weight excluding hydrogens is 586 g/mol. The highest BCUT2D eigenvalue weighted by molar-refractivity contribution is 6.09. The molecule has 0 aromatic heterocycles. The second kappa shape index (κ2) is 9.95. The van der Waals surface area contributed by atoms with Crippen LogP contribution in [0.25, 0.3) is 0 Å². The quantitative estimate of drug-likeness (QED) is 0.305. The Kier molecular flexibility index (Phi) is 6.91. The number of phenolic OH excluding ortho intramolecular Hbond substituents is 1. The molecule has 0 radical (unpaired) electrons. The summed E-state index contributed by atoms with van der Waals surface area (Å²) in [5, 5.41) is 47.9. The van der Waals surface area contributed by atoms with Crippen LogP contribution in [0.1, 0.15) is 101 Å². The van der Waals surface area contributed by atoms with Gasteiger partial charge in [0.15, 0.2) is 17.2 Å². The number of rotatable bonds is 5. The molecule has 9 nitrogen and oxygen atoms in total. The number of aliphatic hydroxyl groups is 3. The van der Waals surface area contributed by atoms with Gasteiger partial charge in [-0.2, -0.15) is 0 Å². The molecule has 2 unspecified atom stereocenters. The SMILES string of the molecule is CC(C)[C@H]1C(O)[C@@H](C(N)=O)C(=O)[C@]2(O)C(O)[C@H]3C(=O)c4c(O)cccc4[C@@H](C)[C@]3(C)[C@@H](CC(=O)C34CC5CC(CC(C5)C3)C4)[C@]12C. The highest BCUT2D eigenvalue weighted by Crippen LogP contribution is 2.72. The third kappa shape index (κ3) is 3.68. The van der Waals surface area contributed by atoms with E-state index in [0.717, 1.165) is 38.5 Å². The number of aromatic hydroxyl groups is 1. The monoisotopic (exact) mass is 635 g/mol. The Morgan fingerprint density at radius 3 is 2.09 bits per heavy atom. The zero-order valence-electron chi connectivity index (χ0n) is 27.5. The molecule has 6 saturated carbocycles. The van der Waals surface area contributed by atoms with Crippen molar-refractivity contribution in [1.29, 1.82) is 0 Å². The number of fused-ring (bicyclic) bond motifs is 3. The van der Waals surface area contributed by atoms with Crippen LogP contribution in [0, 0.1) is 63.6 Å². The summed E-state index contributed by atoms with van der Waals surface area (Å²) >= 11 is 0. The average molecular weight is 636 g/mol. The van der Waals surface area contributed by atoms with Gasteiger partial charge in [-0.25, -0.2) is 0 Å². The van der Waals surface area contributed by atoms with Crippen LogP contribution < -0.4 is 5.73 Å². The first-order valence-corrected chi connectivity index (χ1v) is 17.3. The van der Waals surface area contributed by atoms with Gasteiger partial charge in [0.2, 0.25) is 5.91 Å². The van der Waals surface area contributed by atoms with Crippen molar-refractivity contribution in [2.45, 2.75) is 103 Å². The van der Waals surface area contributed by atoms with E-state index in [1.54, 1.807) is 19.1 Å². The molecule has 0 aliphatic heterocycles. The van der Waals surface area contributed by atoms with Crippen LogP contribution in [0.15, 0.2) is 18.2 Å². The van der Waals surface area contributed by atoms with Crippen LogP contribution in [-0.4, -0.2) is 61.5 Å². The normalized spacial score (nSPS) is 49.0. The van der Waals surface area contributed by atoms with Gasteiger partial charge in [0.25, 0.3) is 0 Å². The number of benzene rings is 1. The molecule has 6 N–H and O–H groups in total. The van der Waals surface area contributed by atoms with Crippen LogP contribution >= 0.6 is 0 Å². The summed E-state index contributed by atoms with van der Waals surface area (Å²) in [5.41, 5.74) is 0.297. The van der Waals surface area contributed by atoms with Crippen molar-refractivity contribution < 1.29 is 39.6 Å². The van der Waals surface area contributed by atoms with E-state index in [0.29, 0.717) is 23.3 Å². The molecular formula is C37H49NO8. The highest BCUT2D eigenvalue weighted by Gasteiger charge is 2.80. The van der Waals surface area contributed by atoms with E-state index >= 15 is 0 Å². The van der Waals surface area contributed by atoms with Gasteiger partial charge in [-0.05, 0) is 97.0 Å². The van der Waals surface area contributed by atoms with Crippen molar-refractivity contribution in [2.24, 2.45) is 69.3 Å². The van der Waals surface area contributed by atoms with Gasteiger partial charge in [0.05, 0.1) is 17.6 Å². The fourth-order valence-corrected chi connectivity index (χ4v) is 13.2. The summed E-state index contributed by atoms with van der Waals surface area (Å²) in [6.07, 6.45) is 2.31. The molecule has 46 heavy (non-hydrogen) atoms. The first-order chi connectivity index (χ1) is 21.4. The smallest absolute Gasteiger partial charge is 0.230 e. The zero-order valence-corrected chi connectivity index (χ0v) is 27.5. The molecule has 1 aromatic carbocycles. The highest BCUT2D eigenvalue weighted by atomic mass is 16.4. The number of aliphatic hydroxyl groups excluding tert-OH is 2. The number of carbonyl (C=O) groups is 4. The van der Waals surface area contributed by atoms with Crippen LogP contribution in [0.5, 0.6) is 5.75 Å². The number of hydrogen-bond acceptors (Lipinski definition) is 8. The zero-order chi connectivity index (χ0) is 33.5. The minimum absolute atomic E-state index is 0.0324. The summed E-state index contributed by atoms with van der Waals surface area (Å²) in [6.45, 7) is 9.11. The maximum atomic E-state index is 15.0. The van der Waals surface area contributed by atoms with E-state index < -0.39 is 87.0 Å². The lowest BCUT2D eigenvalue weighted by Crippen LogP contribution is -2.82. The lowest BCUT2D eigenvalue weighted by Gasteiger charge is -2.71. The van der Waals surface area contributed by atoms with Crippen molar-refractivity contribution in [2.75, 3.05) is 0 Å². The molecule has 7 aliphatic rings. The van der Waals surface area contributed by atoms with Gasteiger partial charge in [-0.3, -0.25) is 19.2 Å². The number of amides is 1. The lowest BCUT2D eigenvalue weighted by atomic mass is 9.33. The first kappa shape index (κ1) is 32.0. The lowest BCUT2D eigenvalue weighted by molar-refractivity contribution is -0.292. The standard InChI is InChI=1S/C37H49NO8/c1-16(2)27-30(42)26(33(38)45)31(43)37(46)32(44)28-29(41)25-21(7-6-8-22(25)39)17(3)34(28,4)23(35(27,37)5)12-24(40)36-13-18-9-19(14-36)11-20(10-18)15-36/h6-8,16-20,23,26-28,30,32,39,42,44,46H,9-15H2,1-5H3,(H2,38,45)/t17-,18?,19?,20?,23-,26-,27+,28-,30?,32?,34-,35-,36?,37+/m1/s1. The number of hydrogen-bond donors (Lipinski definition) is 5. The predicted octanol–water partition coefficient (Wildman–Crippen LogP) is 3.54. The van der Waals surface area contributed by atoms with E-state index in [4.69, 9.17) is 5.73 Å². The van der Waals surface area contributed by atoms with Gasteiger partial charge in [0.1, 0.15) is 23.6 Å². The largest absolute Gasteiger partial charge is 0.507 e. The van der Waals surface area contributed by atoms with Crippen molar-refractivity contribution in [3.63, 3.8) is 0 Å². The van der Waals surface area contributed by atoms with Gasteiger partial charge < -0.3 is 26.2 Å². The van der Waals surface area contributed by atoms with E-state index in [2.05, 4.69) is 0 Å². The number of ketones is 3. The number of primary amides is 1. The predicted molar refractivity (Wildman–Crippen MR) is 167 cm³/mol. The number of carbonyl (C=O) groups excluding carboxylic acids is 4. The van der Waals surface area contributed by atoms with Gasteiger partial charge in [-0.1, -0.05) is 46.8 Å². The second-order valence-electron chi connectivity index (χ2n) is 17.0. The summed E-state index contributed by atoms with van der Waals surface area (Å²) in [5.74, 6) is -7.39. The molecule has 0 saturated heterocycles. The van der Waals surface area contributed by atoms with Gasteiger partial charge in [-0.15, -0.1) is 0 Å². The molecule has 10 atom stereocenters. The van der Waals surface area contributed by atoms with Crippen molar-refractivity contribution in [1.82, 2.24) is 0 Å². The van der Waals surface area contributed by atoms with Crippen LogP contribution in [0.3, 0.4) is 0 Å². The van der Waals surface area contributed by atoms with E-state index in [-0.39, 0.29) is 23.5 Å². The molecule has 1 amide bonds. The minimum atomic E-state index is -2.69. The first-order valence-electron chi connectivity index (χ1n) is 17.3. The topological polar surface area (TPSA) is 175 Å². The van der Waals surface area contributed by atoms with Gasteiger partial charge in [0, 0.05) is 17.3 Å². The number of Topliss-reactive ketones (excluding diaryl/α,β-unsaturated/α-hetero) is 3. The number of nitrogens with two attached hydrogens (primary N) is 1. The van der Waals surface area contributed by atoms with Crippen LogP contribution in [-0.2, 0) is 14.4 Å². The van der Waals surface area contributed by atoms with E-state index in [1.165, 1.54) is 6.07 Å². The van der Waals surface area contributed by atoms with E-state index in [1.807, 2.05) is 27.7 Å². The number of phenols is 1. The Labute approximate surface area is 270 Å². The third-order valence-corrected chi connectivity index (χ3v) is 14.8. The van der Waals surface area contributed by atoms with E-state index in [9.17, 15) is 39.6 Å².